The summed E-state index contributed by atoms with van der Waals surface area (Å²) in [6.07, 6.45) is 9.58. The molecule has 0 aromatic heterocycles. The van der Waals surface area contributed by atoms with Gasteiger partial charge in [0.25, 0.3) is 6.71 Å². The minimum atomic E-state index is -0.192. The van der Waals surface area contributed by atoms with Crippen LogP contribution in [-0.4, -0.2) is 17.8 Å². The second-order valence-electron chi connectivity index (χ2n) is 21.2. The second kappa shape index (κ2) is 14.1. The third-order valence-corrected chi connectivity index (χ3v) is 18.3. The lowest BCUT2D eigenvalue weighted by Crippen LogP contribution is -2.65. The van der Waals surface area contributed by atoms with E-state index in [1.807, 2.05) is 0 Å². The third kappa shape index (κ3) is 5.09. The van der Waals surface area contributed by atoms with Gasteiger partial charge in [0.2, 0.25) is 0 Å². The minimum absolute atomic E-state index is 0.0378. The molecular formula is C63H56BN3. The molecule has 8 aromatic carbocycles. The van der Waals surface area contributed by atoms with Crippen molar-refractivity contribution in [3.8, 4) is 22.3 Å². The molecule has 2 aliphatic carbocycles. The van der Waals surface area contributed by atoms with Gasteiger partial charge in [0, 0.05) is 50.6 Å². The van der Waals surface area contributed by atoms with Gasteiger partial charge in [0.05, 0.1) is 11.1 Å². The summed E-state index contributed by atoms with van der Waals surface area (Å²) >= 11 is 0. The molecule has 0 spiro atoms. The summed E-state index contributed by atoms with van der Waals surface area (Å²) in [4.78, 5) is 8.39. The molecule has 326 valence electrons. The van der Waals surface area contributed by atoms with Crippen LogP contribution in [0.4, 0.5) is 39.8 Å². The fraction of sp³-hybridized carbons (Fsp3) is 0.238. The van der Waals surface area contributed by atoms with Crippen LogP contribution in [0, 0.1) is 0 Å². The van der Waals surface area contributed by atoms with Gasteiger partial charge >= 0.3 is 0 Å². The lowest BCUT2D eigenvalue weighted by molar-refractivity contribution is 0.195. The Bertz CT molecular complexity index is 3280. The van der Waals surface area contributed by atoms with E-state index in [0.717, 1.165) is 19.3 Å². The molecule has 0 bridgehead atoms. The first-order chi connectivity index (χ1) is 32.8. The molecule has 4 heteroatoms. The summed E-state index contributed by atoms with van der Waals surface area (Å²) in [5.74, 6) is 0. The molecule has 4 heterocycles. The summed E-state index contributed by atoms with van der Waals surface area (Å²) in [6, 6.07) is 72.3. The Balaban J connectivity index is 1.10. The van der Waals surface area contributed by atoms with Gasteiger partial charge < -0.3 is 14.7 Å². The van der Waals surface area contributed by atoms with E-state index in [1.54, 1.807) is 0 Å². The SMILES string of the molecule is CC12CCCCC1(C)N(c1cc3c4c(c1)N1c5c(cccc5C5(c6ccccc6)CCCCC15C)B4c1cc(-c4ccccc4)ccc1N3c1ccc(-c3ccccc3)cc1)c1ccccc12. The zero-order chi connectivity index (χ0) is 44.7. The van der Waals surface area contributed by atoms with Crippen LogP contribution in [0.15, 0.2) is 188 Å². The van der Waals surface area contributed by atoms with Crippen molar-refractivity contribution in [3.63, 3.8) is 0 Å². The summed E-state index contributed by atoms with van der Waals surface area (Å²) in [7, 11) is 0. The van der Waals surface area contributed by atoms with Gasteiger partial charge in [-0.3, -0.25) is 0 Å². The fourth-order valence-corrected chi connectivity index (χ4v) is 15.0. The van der Waals surface area contributed by atoms with E-state index in [0.29, 0.717) is 0 Å². The highest BCUT2D eigenvalue weighted by Gasteiger charge is 2.64. The zero-order valence-corrected chi connectivity index (χ0v) is 39.0. The molecule has 0 radical (unpaired) electrons. The van der Waals surface area contributed by atoms with Gasteiger partial charge in [0.15, 0.2) is 0 Å². The Morgan fingerprint density at radius 3 is 1.76 bits per heavy atom. The van der Waals surface area contributed by atoms with Gasteiger partial charge in [-0.05, 0) is 131 Å². The quantitative estimate of drug-likeness (QED) is 0.160. The molecule has 14 rings (SSSR count). The van der Waals surface area contributed by atoms with Crippen LogP contribution < -0.4 is 31.1 Å². The number of hydrogen-bond acceptors (Lipinski definition) is 3. The number of hydrogen-bond donors (Lipinski definition) is 0. The summed E-state index contributed by atoms with van der Waals surface area (Å²) in [5.41, 5.74) is 22.5. The lowest BCUT2D eigenvalue weighted by Gasteiger charge is -2.54. The van der Waals surface area contributed by atoms with Crippen molar-refractivity contribution in [2.45, 2.75) is 94.0 Å². The molecule has 4 atom stereocenters. The van der Waals surface area contributed by atoms with Crippen LogP contribution in [0.25, 0.3) is 22.3 Å². The Labute approximate surface area is 396 Å². The molecule has 2 saturated carbocycles. The van der Waals surface area contributed by atoms with Gasteiger partial charge in [-0.2, -0.15) is 0 Å². The largest absolute Gasteiger partial charge is 0.335 e. The van der Waals surface area contributed by atoms with Crippen LogP contribution in [0.2, 0.25) is 0 Å². The van der Waals surface area contributed by atoms with Crippen LogP contribution in [0.3, 0.4) is 0 Å². The van der Waals surface area contributed by atoms with Crippen LogP contribution in [0.1, 0.15) is 88.8 Å². The predicted molar refractivity (Wildman–Crippen MR) is 282 cm³/mol. The minimum Gasteiger partial charge on any atom is -0.335 e. The standard InChI is InChI=1S/C63H56BN3/c1-60-36-15-16-37-61(60,2)66(54-29-14-13-26-50(54)60)49-41-56-58-57(42-49)67-59-51(63(47-24-11-6-12-25-47)39-18-17-38-62(63,67)3)27-19-28-52(59)64(58)53-40-46(44-22-9-5-10-23-44)32-35-55(53)65(56)48-33-30-45(31-34-48)43-20-7-4-8-21-43/h4-14,19-35,40-42H,15-18,36-39H2,1-3H3. The van der Waals surface area contributed by atoms with Gasteiger partial charge in [-0.1, -0.05) is 184 Å². The normalized spacial score (nSPS) is 24.9. The maximum atomic E-state index is 2.93. The molecule has 67 heavy (non-hydrogen) atoms. The van der Waals surface area contributed by atoms with E-state index in [9.17, 15) is 0 Å². The van der Waals surface area contributed by atoms with E-state index in [-0.39, 0.29) is 28.6 Å². The fourth-order valence-electron chi connectivity index (χ4n) is 15.0. The zero-order valence-electron chi connectivity index (χ0n) is 39.0. The van der Waals surface area contributed by atoms with Crippen LogP contribution in [0.5, 0.6) is 0 Å². The van der Waals surface area contributed by atoms with Crippen molar-refractivity contribution in [2.75, 3.05) is 14.7 Å². The van der Waals surface area contributed by atoms with Crippen molar-refractivity contribution in [1.82, 2.24) is 0 Å². The Morgan fingerprint density at radius 1 is 0.403 bits per heavy atom. The number of fused-ring (bicyclic) bond motifs is 10. The maximum Gasteiger partial charge on any atom is 0.252 e. The highest BCUT2D eigenvalue weighted by molar-refractivity contribution is 7.00. The highest BCUT2D eigenvalue weighted by atomic mass is 15.3. The van der Waals surface area contributed by atoms with Gasteiger partial charge in [-0.25, -0.2) is 0 Å². The Hall–Kier alpha value is -6.78. The molecule has 4 unspecified atom stereocenters. The maximum absolute atomic E-state index is 2.93. The molecule has 2 fully saturated rings. The predicted octanol–water partition coefficient (Wildman–Crippen LogP) is 14.1. The highest BCUT2D eigenvalue weighted by Crippen LogP contribution is 2.66. The molecule has 4 aliphatic heterocycles. The van der Waals surface area contributed by atoms with E-state index in [1.165, 1.54) is 127 Å². The Morgan fingerprint density at radius 2 is 1.00 bits per heavy atom. The average Bonchev–Trinajstić information content (AvgIpc) is 3.75. The molecule has 0 N–H and O–H groups in total. The first-order valence-corrected chi connectivity index (χ1v) is 25.1. The molecule has 0 amide bonds. The van der Waals surface area contributed by atoms with Crippen LogP contribution in [-0.2, 0) is 10.8 Å². The van der Waals surface area contributed by atoms with Gasteiger partial charge in [0.1, 0.15) is 0 Å². The second-order valence-corrected chi connectivity index (χ2v) is 21.2. The Kier molecular flexibility index (Phi) is 8.31. The number of para-hydroxylation sites is 2. The molecule has 3 nitrogen and oxygen atoms in total. The van der Waals surface area contributed by atoms with Crippen LogP contribution >= 0.6 is 0 Å². The summed E-state index contributed by atoms with van der Waals surface area (Å²) < 4.78 is 0. The van der Waals surface area contributed by atoms with Crippen molar-refractivity contribution in [1.29, 1.82) is 0 Å². The first-order valence-electron chi connectivity index (χ1n) is 25.1. The first kappa shape index (κ1) is 39.4. The molecular weight excluding hydrogens is 810 g/mol. The summed E-state index contributed by atoms with van der Waals surface area (Å²) in [6.45, 7) is 7.84. The number of benzene rings is 8. The lowest BCUT2D eigenvalue weighted by atomic mass is 9.33. The monoisotopic (exact) mass is 865 g/mol. The smallest absolute Gasteiger partial charge is 0.252 e. The van der Waals surface area contributed by atoms with E-state index >= 15 is 0 Å². The van der Waals surface area contributed by atoms with Crippen molar-refractivity contribution in [3.05, 3.63) is 205 Å². The number of anilines is 7. The van der Waals surface area contributed by atoms with Crippen molar-refractivity contribution >= 4 is 62.9 Å². The van der Waals surface area contributed by atoms with Gasteiger partial charge in [-0.15, -0.1) is 0 Å². The van der Waals surface area contributed by atoms with E-state index < -0.39 is 0 Å². The molecule has 8 aromatic rings. The topological polar surface area (TPSA) is 9.72 Å². The number of rotatable bonds is 5. The average molecular weight is 866 g/mol. The number of nitrogens with zero attached hydrogens (tertiary/aromatic N) is 3. The molecule has 0 saturated heterocycles. The molecule has 6 aliphatic rings. The van der Waals surface area contributed by atoms with E-state index in [2.05, 4.69) is 224 Å². The van der Waals surface area contributed by atoms with Crippen molar-refractivity contribution < 1.29 is 0 Å². The van der Waals surface area contributed by atoms with Crippen molar-refractivity contribution in [2.24, 2.45) is 0 Å². The third-order valence-electron chi connectivity index (χ3n) is 18.3. The van der Waals surface area contributed by atoms with E-state index in [4.69, 9.17) is 0 Å². The summed E-state index contributed by atoms with van der Waals surface area (Å²) in [5, 5.41) is 0.